The Hall–Kier alpha value is -0.590. The number of hydrogen-bond donors (Lipinski definition) is 0. The highest BCUT2D eigenvalue weighted by molar-refractivity contribution is 5.81. The Morgan fingerprint density at radius 2 is 1.80 bits per heavy atom. The first-order valence-corrected chi connectivity index (χ1v) is 6.57. The quantitative estimate of drug-likeness (QED) is 0.550. The van der Waals surface area contributed by atoms with Crippen LogP contribution < -0.4 is 0 Å². The monoisotopic (exact) mass is 206 g/mol. The van der Waals surface area contributed by atoms with Crippen molar-refractivity contribution in [2.75, 3.05) is 0 Å². The first-order chi connectivity index (χ1) is 7.38. The fraction of sp³-hybridized carbons (Fsp3) is 0.786. The largest absolute Gasteiger partial charge is 0.299 e. The second-order valence-electron chi connectivity index (χ2n) is 5.05. The summed E-state index contributed by atoms with van der Waals surface area (Å²) in [4.78, 5) is 12.0. The number of fused-ring (bicyclic) bond motifs is 1. The summed E-state index contributed by atoms with van der Waals surface area (Å²) in [6.07, 6.45) is 15.3. The number of carbonyl (C=O) groups is 1. The minimum Gasteiger partial charge on any atom is -0.299 e. The van der Waals surface area contributed by atoms with Gasteiger partial charge in [0.15, 0.2) is 0 Å². The van der Waals surface area contributed by atoms with Gasteiger partial charge in [0, 0.05) is 12.3 Å². The predicted molar refractivity (Wildman–Crippen MR) is 62.7 cm³/mol. The number of Topliss-reactive ketones (excluding diaryl/α,β-unsaturated/α-hetero) is 1. The van der Waals surface area contributed by atoms with Crippen LogP contribution in [0.25, 0.3) is 0 Å². The van der Waals surface area contributed by atoms with Crippen LogP contribution >= 0.6 is 0 Å². The summed E-state index contributed by atoms with van der Waals surface area (Å²) in [5, 5.41) is 0. The van der Waals surface area contributed by atoms with Crippen molar-refractivity contribution in [3.63, 3.8) is 0 Å². The van der Waals surface area contributed by atoms with Crippen molar-refractivity contribution < 1.29 is 4.79 Å². The molecule has 15 heavy (non-hydrogen) atoms. The van der Waals surface area contributed by atoms with Crippen LogP contribution in [0.4, 0.5) is 0 Å². The van der Waals surface area contributed by atoms with E-state index in [1.807, 2.05) is 0 Å². The topological polar surface area (TPSA) is 17.1 Å². The molecule has 0 saturated heterocycles. The molecule has 0 radical (unpaired) electrons. The molecule has 1 nitrogen and oxygen atoms in total. The average Bonchev–Trinajstić information content (AvgIpc) is 2.18. The zero-order valence-corrected chi connectivity index (χ0v) is 9.58. The van der Waals surface area contributed by atoms with Crippen molar-refractivity contribution in [2.24, 2.45) is 11.8 Å². The van der Waals surface area contributed by atoms with E-state index in [-0.39, 0.29) is 0 Å². The van der Waals surface area contributed by atoms with Crippen molar-refractivity contribution in [1.82, 2.24) is 0 Å². The Bertz CT molecular complexity index is 242. The fourth-order valence-corrected chi connectivity index (χ4v) is 2.99. The van der Waals surface area contributed by atoms with Gasteiger partial charge < -0.3 is 0 Å². The Morgan fingerprint density at radius 3 is 2.67 bits per heavy atom. The Kier molecular flexibility index (Phi) is 3.99. The molecule has 0 amide bonds. The highest BCUT2D eigenvalue weighted by atomic mass is 16.1. The van der Waals surface area contributed by atoms with E-state index in [2.05, 4.69) is 12.2 Å². The molecular weight excluding hydrogens is 184 g/mol. The molecule has 0 aliphatic heterocycles. The van der Waals surface area contributed by atoms with Crippen LogP contribution in [0, 0.1) is 11.8 Å². The fourth-order valence-electron chi connectivity index (χ4n) is 2.99. The van der Waals surface area contributed by atoms with Crippen molar-refractivity contribution >= 4 is 5.78 Å². The van der Waals surface area contributed by atoms with Gasteiger partial charge in [0.2, 0.25) is 0 Å². The van der Waals surface area contributed by atoms with Crippen molar-refractivity contribution in [2.45, 2.75) is 57.8 Å². The Balaban J connectivity index is 2.09. The number of allylic oxidation sites excluding steroid dienone is 2. The summed E-state index contributed by atoms with van der Waals surface area (Å²) in [5.41, 5.74) is 0. The maximum atomic E-state index is 12.0. The second-order valence-corrected chi connectivity index (χ2v) is 5.05. The molecule has 0 heterocycles. The second kappa shape index (κ2) is 5.48. The zero-order valence-electron chi connectivity index (χ0n) is 9.58. The lowest BCUT2D eigenvalue weighted by Crippen LogP contribution is -2.24. The van der Waals surface area contributed by atoms with E-state index in [4.69, 9.17) is 0 Å². The first kappa shape index (κ1) is 10.9. The molecule has 84 valence electrons. The van der Waals surface area contributed by atoms with E-state index >= 15 is 0 Å². The summed E-state index contributed by atoms with van der Waals surface area (Å²) in [7, 11) is 0. The van der Waals surface area contributed by atoms with E-state index in [0.717, 1.165) is 25.7 Å². The van der Waals surface area contributed by atoms with Gasteiger partial charge in [0.05, 0.1) is 0 Å². The van der Waals surface area contributed by atoms with Crippen LogP contribution in [0.1, 0.15) is 57.8 Å². The van der Waals surface area contributed by atoms with Gasteiger partial charge in [0.25, 0.3) is 0 Å². The minimum absolute atomic E-state index is 0.363. The molecule has 0 aromatic heterocycles. The van der Waals surface area contributed by atoms with Crippen LogP contribution in [0.2, 0.25) is 0 Å². The standard InChI is InChI=1S/C14H22O/c15-14-11-7-3-5-9-12-8-4-1-2-6-10-13(12)14/h5,9,12-13H,1-4,6-8,10-11H2. The van der Waals surface area contributed by atoms with Crippen LogP contribution in [0.15, 0.2) is 12.2 Å². The number of hydrogen-bond acceptors (Lipinski definition) is 1. The normalized spacial score (nSPS) is 33.5. The molecule has 0 N–H and O–H groups in total. The summed E-state index contributed by atoms with van der Waals surface area (Å²) < 4.78 is 0. The van der Waals surface area contributed by atoms with Crippen LogP contribution in [0.5, 0.6) is 0 Å². The first-order valence-electron chi connectivity index (χ1n) is 6.57. The molecule has 0 bridgehead atoms. The van der Waals surface area contributed by atoms with Gasteiger partial charge >= 0.3 is 0 Å². The molecule has 1 fully saturated rings. The molecule has 0 aromatic rings. The molecule has 2 rings (SSSR count). The molecule has 2 aliphatic rings. The molecule has 2 atom stereocenters. The van der Waals surface area contributed by atoms with Crippen molar-refractivity contribution in [3.05, 3.63) is 12.2 Å². The average molecular weight is 206 g/mol. The van der Waals surface area contributed by atoms with E-state index in [1.54, 1.807) is 0 Å². The molecule has 1 saturated carbocycles. The Morgan fingerprint density at radius 1 is 1.00 bits per heavy atom. The molecule has 0 spiro atoms. The summed E-state index contributed by atoms with van der Waals surface area (Å²) >= 11 is 0. The Labute approximate surface area is 92.9 Å². The maximum Gasteiger partial charge on any atom is 0.136 e. The van der Waals surface area contributed by atoms with Crippen molar-refractivity contribution in [3.8, 4) is 0 Å². The van der Waals surface area contributed by atoms with Gasteiger partial charge in [-0.3, -0.25) is 4.79 Å². The molecular formula is C14H22O. The molecule has 1 heteroatoms. The van der Waals surface area contributed by atoms with Gasteiger partial charge in [-0.15, -0.1) is 0 Å². The van der Waals surface area contributed by atoms with Gasteiger partial charge in [-0.25, -0.2) is 0 Å². The van der Waals surface area contributed by atoms with E-state index in [9.17, 15) is 4.79 Å². The molecule has 2 aliphatic carbocycles. The predicted octanol–water partition coefficient (Wildman–Crippen LogP) is 3.88. The van der Waals surface area contributed by atoms with Crippen LogP contribution in [-0.4, -0.2) is 5.78 Å². The number of carbonyl (C=O) groups excluding carboxylic acids is 1. The van der Waals surface area contributed by atoms with Crippen molar-refractivity contribution in [1.29, 1.82) is 0 Å². The number of ketones is 1. The van der Waals surface area contributed by atoms with Gasteiger partial charge in [-0.05, 0) is 31.6 Å². The van der Waals surface area contributed by atoms with E-state index in [1.165, 1.54) is 32.1 Å². The van der Waals surface area contributed by atoms with E-state index in [0.29, 0.717) is 17.6 Å². The smallest absolute Gasteiger partial charge is 0.136 e. The zero-order chi connectivity index (χ0) is 10.5. The lowest BCUT2D eigenvalue weighted by molar-refractivity contribution is -0.124. The maximum absolute atomic E-state index is 12.0. The van der Waals surface area contributed by atoms with Crippen LogP contribution in [-0.2, 0) is 4.79 Å². The minimum atomic E-state index is 0.363. The lowest BCUT2D eigenvalue weighted by Gasteiger charge is -2.27. The molecule has 2 unspecified atom stereocenters. The third-order valence-electron chi connectivity index (χ3n) is 3.91. The van der Waals surface area contributed by atoms with E-state index < -0.39 is 0 Å². The summed E-state index contributed by atoms with van der Waals surface area (Å²) in [6.45, 7) is 0. The van der Waals surface area contributed by atoms with Gasteiger partial charge in [0.1, 0.15) is 5.78 Å². The molecule has 0 aromatic carbocycles. The summed E-state index contributed by atoms with van der Waals surface area (Å²) in [6, 6.07) is 0. The van der Waals surface area contributed by atoms with Crippen LogP contribution in [0.3, 0.4) is 0 Å². The third kappa shape index (κ3) is 2.93. The third-order valence-corrected chi connectivity index (χ3v) is 3.91. The summed E-state index contributed by atoms with van der Waals surface area (Å²) in [5.74, 6) is 1.48. The SMILES string of the molecule is O=C1CCCC=CC2CCCCCCC12. The highest BCUT2D eigenvalue weighted by Gasteiger charge is 2.27. The van der Waals surface area contributed by atoms with Gasteiger partial charge in [-0.2, -0.15) is 0 Å². The number of rotatable bonds is 0. The highest BCUT2D eigenvalue weighted by Crippen LogP contribution is 2.32. The van der Waals surface area contributed by atoms with Gasteiger partial charge in [-0.1, -0.05) is 37.8 Å². The lowest BCUT2D eigenvalue weighted by atomic mass is 9.77.